The molecule has 0 bridgehead atoms. The van der Waals surface area contributed by atoms with Gasteiger partial charge in [-0.1, -0.05) is 396 Å². The first-order chi connectivity index (χ1) is 73.7. The maximum Gasteiger partial charge on any atom is 0.0725 e. The molecule has 7 aliphatic rings. The lowest BCUT2D eigenvalue weighted by Crippen LogP contribution is -2.25. The summed E-state index contributed by atoms with van der Waals surface area (Å²) in [5.74, 6) is 0. The highest BCUT2D eigenvalue weighted by molar-refractivity contribution is 6.19. The van der Waals surface area contributed by atoms with E-state index in [1.165, 1.54) is 288 Å². The number of aromatic nitrogens is 5. The molecule has 35 rings (SSSR count). The molecule has 5 aromatic heterocycles. The Hall–Kier alpha value is -18.9. The van der Waals surface area contributed by atoms with Crippen molar-refractivity contribution in [2.24, 2.45) is 0 Å². The minimum atomic E-state index is -0.369. The Balaban J connectivity index is 0.0000000971. The first-order valence-corrected chi connectivity index (χ1v) is 52.3. The summed E-state index contributed by atoms with van der Waals surface area (Å²) < 4.78 is 12.3. The molecule has 0 aliphatic heterocycles. The van der Waals surface area contributed by atoms with Gasteiger partial charge >= 0.3 is 0 Å². The molecule has 5 heterocycles. The quantitative estimate of drug-likeness (QED) is 0.164. The van der Waals surface area contributed by atoms with E-state index in [1.807, 2.05) is 0 Å². The Morgan fingerprint density at radius 1 is 0.114 bits per heavy atom. The molecule has 692 valence electrons. The fraction of sp³-hybridized carbons (Fsp3) is 0.0417. The maximum atomic E-state index is 2.54. The van der Waals surface area contributed by atoms with Crippen molar-refractivity contribution in [2.75, 3.05) is 0 Å². The van der Waals surface area contributed by atoms with Crippen LogP contribution in [0.3, 0.4) is 0 Å². The van der Waals surface area contributed by atoms with Crippen LogP contribution in [0.4, 0.5) is 0 Å². The van der Waals surface area contributed by atoms with Gasteiger partial charge in [0.1, 0.15) is 0 Å². The summed E-state index contributed by atoms with van der Waals surface area (Å²) in [6, 6.07) is 193. The van der Waals surface area contributed by atoms with Gasteiger partial charge in [0.15, 0.2) is 0 Å². The van der Waals surface area contributed by atoms with Crippen molar-refractivity contribution in [1.82, 2.24) is 22.8 Å². The number of hydrogen-bond acceptors (Lipinski definition) is 0. The fourth-order valence-electron chi connectivity index (χ4n) is 29.3. The standard InChI is InChI=1S/2C49H30N2.C46H31N/c1-2-14-31(15-3-1)50-45-24-12-7-19-36(45)39-28-32(26-27-47(39)50)51-46-25-13-8-20-37(46)40-29-44-38(30-48(40)51)35-18-6-11-23-43(35)49(44)41-21-9-4-16-33(41)34-17-5-10-22-42(34)49;1-2-14-31(15-3-1)50-45-24-12-7-19-36(45)38-27-26-32(28-47(38)50)51-46-25-13-8-20-37(46)40-29-44-39(30-48(40)51)35-18-6-11-23-43(35)49(44)41-21-9-4-16-33(41)34-17-5-10-22-42(34)49;1-45(2)37-18-8-3-15-31(37)34-25-28(23-24-38(34)45)47-43-22-12-7-17-33(43)36-26-42-35(27-44(36)47)32-16-6-11-21-41(32)46(42)39-19-9-4-13-29(39)30-14-5-10-20-40(30)46/h2*1-30H;3-27H,1-2H3. The molecule has 0 saturated heterocycles. The van der Waals surface area contributed by atoms with Crippen LogP contribution in [0.2, 0.25) is 0 Å². The lowest BCUT2D eigenvalue weighted by molar-refractivity contribution is 0.660. The van der Waals surface area contributed by atoms with Gasteiger partial charge in [0.05, 0.1) is 71.4 Å². The zero-order chi connectivity index (χ0) is 97.6. The van der Waals surface area contributed by atoms with Crippen molar-refractivity contribution in [3.8, 4) is 106 Å². The molecule has 3 spiro atoms. The number of para-hydroxylation sites is 7. The first-order valence-electron chi connectivity index (χ1n) is 52.3. The van der Waals surface area contributed by atoms with Crippen molar-refractivity contribution < 1.29 is 0 Å². The number of benzene rings is 23. The third-order valence-corrected chi connectivity index (χ3v) is 35.1. The lowest BCUT2D eigenvalue weighted by Gasteiger charge is -2.30. The number of fused-ring (bicyclic) bond motifs is 48. The molecule has 149 heavy (non-hydrogen) atoms. The van der Waals surface area contributed by atoms with E-state index >= 15 is 0 Å². The Morgan fingerprint density at radius 2 is 0.315 bits per heavy atom. The third-order valence-electron chi connectivity index (χ3n) is 35.1. The minimum absolute atomic E-state index is 0.0159. The van der Waals surface area contributed by atoms with E-state index in [9.17, 15) is 0 Å². The summed E-state index contributed by atoms with van der Waals surface area (Å²) in [6.45, 7) is 4.71. The van der Waals surface area contributed by atoms with Crippen molar-refractivity contribution >= 4 is 109 Å². The van der Waals surface area contributed by atoms with Gasteiger partial charge in [0.25, 0.3) is 0 Å². The zero-order valence-corrected chi connectivity index (χ0v) is 81.8. The van der Waals surface area contributed by atoms with Crippen molar-refractivity contribution in [3.63, 3.8) is 0 Å². The molecule has 0 atom stereocenters. The van der Waals surface area contributed by atoms with E-state index in [1.54, 1.807) is 0 Å². The molecule has 7 aliphatic carbocycles. The van der Waals surface area contributed by atoms with Gasteiger partial charge in [-0.2, -0.15) is 0 Å². The van der Waals surface area contributed by atoms with Gasteiger partial charge in [-0.3, -0.25) is 0 Å². The van der Waals surface area contributed by atoms with Crippen LogP contribution in [-0.4, -0.2) is 22.8 Å². The second kappa shape index (κ2) is 30.4. The number of nitrogens with zero attached hydrogens (tertiary/aromatic N) is 5. The molecule has 23 aromatic carbocycles. The average molecular weight is 1890 g/mol. The van der Waals surface area contributed by atoms with E-state index in [-0.39, 0.29) is 21.7 Å². The summed E-state index contributed by atoms with van der Waals surface area (Å²) in [4.78, 5) is 0. The van der Waals surface area contributed by atoms with Crippen molar-refractivity contribution in [3.05, 3.63) is 594 Å². The predicted molar refractivity (Wildman–Crippen MR) is 617 cm³/mol. The van der Waals surface area contributed by atoms with Gasteiger partial charge in [0.2, 0.25) is 0 Å². The van der Waals surface area contributed by atoms with Crippen molar-refractivity contribution in [1.29, 1.82) is 0 Å². The monoisotopic (exact) mass is 1890 g/mol. The number of rotatable bonds is 5. The summed E-state index contributed by atoms with van der Waals surface area (Å²) >= 11 is 0. The van der Waals surface area contributed by atoms with E-state index in [2.05, 4.69) is 552 Å². The molecule has 0 N–H and O–H groups in total. The molecule has 0 fully saturated rings. The molecule has 0 radical (unpaired) electrons. The van der Waals surface area contributed by atoms with Crippen LogP contribution in [0.1, 0.15) is 91.7 Å². The van der Waals surface area contributed by atoms with E-state index in [0.717, 1.165) is 5.69 Å². The van der Waals surface area contributed by atoms with Crippen LogP contribution in [0.25, 0.3) is 215 Å². The van der Waals surface area contributed by atoms with Crippen LogP contribution < -0.4 is 0 Å². The lowest BCUT2D eigenvalue weighted by atomic mass is 9.70. The van der Waals surface area contributed by atoms with Crippen LogP contribution in [0, 0.1) is 0 Å². The van der Waals surface area contributed by atoms with Gasteiger partial charge in [-0.25, -0.2) is 0 Å². The predicted octanol–water partition coefficient (Wildman–Crippen LogP) is 35.9. The second-order valence-electron chi connectivity index (χ2n) is 42.1. The van der Waals surface area contributed by atoms with E-state index < -0.39 is 0 Å². The molecule has 5 heteroatoms. The maximum absolute atomic E-state index is 2.54. The summed E-state index contributed by atoms with van der Waals surface area (Å²) in [5, 5.41) is 12.7. The highest BCUT2D eigenvalue weighted by atomic mass is 15.0. The highest BCUT2D eigenvalue weighted by Crippen LogP contribution is 2.68. The number of hydrogen-bond donors (Lipinski definition) is 0. The molecule has 0 unspecified atom stereocenters. The normalized spacial score (nSPS) is 14.2. The SMILES string of the molecule is CC1(C)c2ccccc2-c2cc(-n3c4ccccc4c4cc5c(cc43)-c3ccccc3C53c4ccccc4-c4ccccc43)ccc21.c1ccc(-n2c3ccccc3c3cc(-n4c5ccccc5c5cc6c(cc54)-c4ccccc4C64c5ccccc5-c5ccccc54)ccc32)cc1.c1ccc(-n2c3ccccc3c3ccc(-n4c5ccccc5c5cc6c(cc54)-c4ccccc4C64c5ccccc5-c5ccccc54)cc32)cc1. The van der Waals surface area contributed by atoms with Crippen LogP contribution in [0.5, 0.6) is 0 Å². The van der Waals surface area contributed by atoms with E-state index in [4.69, 9.17) is 0 Å². The summed E-state index contributed by atoms with van der Waals surface area (Å²) in [7, 11) is 0. The highest BCUT2D eigenvalue weighted by Gasteiger charge is 2.56. The second-order valence-corrected chi connectivity index (χ2v) is 42.1. The van der Waals surface area contributed by atoms with Crippen LogP contribution in [-0.2, 0) is 21.7 Å². The third kappa shape index (κ3) is 10.7. The van der Waals surface area contributed by atoms with Gasteiger partial charge < -0.3 is 22.8 Å². The molecular weight excluding hydrogens is 1800 g/mol. The van der Waals surface area contributed by atoms with E-state index in [0.29, 0.717) is 0 Å². The van der Waals surface area contributed by atoms with Crippen molar-refractivity contribution in [2.45, 2.75) is 35.5 Å². The smallest absolute Gasteiger partial charge is 0.0725 e. The molecule has 0 amide bonds. The first kappa shape index (κ1) is 82.5. The van der Waals surface area contributed by atoms with Gasteiger partial charge in [-0.15, -0.1) is 0 Å². The summed E-state index contributed by atoms with van der Waals surface area (Å²) in [6.07, 6.45) is 0. The largest absolute Gasteiger partial charge is 0.309 e. The molecule has 28 aromatic rings. The van der Waals surface area contributed by atoms with Gasteiger partial charge in [0, 0.05) is 87.7 Å². The molecule has 5 nitrogen and oxygen atoms in total. The topological polar surface area (TPSA) is 24.6 Å². The van der Waals surface area contributed by atoms with Crippen LogP contribution in [0.15, 0.2) is 516 Å². The Kier molecular flexibility index (Phi) is 16.8. The minimum Gasteiger partial charge on any atom is -0.309 e. The molecule has 0 saturated carbocycles. The molecular formula is C144H91N5. The fourth-order valence-corrected chi connectivity index (χ4v) is 29.3. The van der Waals surface area contributed by atoms with Crippen LogP contribution >= 0.6 is 0 Å². The Morgan fingerprint density at radius 3 is 0.651 bits per heavy atom. The zero-order valence-electron chi connectivity index (χ0n) is 81.8. The Bertz CT molecular complexity index is 10600. The average Bonchev–Trinajstić information content (AvgIpc) is 1.51. The van der Waals surface area contributed by atoms with Gasteiger partial charge in [-0.05, 0) is 289 Å². The Labute approximate surface area is 860 Å². The summed E-state index contributed by atoms with van der Waals surface area (Å²) in [5.41, 5.74) is 55.0.